The summed E-state index contributed by atoms with van der Waals surface area (Å²) >= 11 is 0. The highest BCUT2D eigenvalue weighted by molar-refractivity contribution is 5.69. The maximum atomic E-state index is 13.9. The molecule has 124 valence electrons. The van der Waals surface area contributed by atoms with E-state index < -0.39 is 11.6 Å². The summed E-state index contributed by atoms with van der Waals surface area (Å²) < 4.78 is 33.5. The van der Waals surface area contributed by atoms with Gasteiger partial charge in [-0.2, -0.15) is 5.10 Å². The molecular weight excluding hydrogens is 302 g/mol. The minimum Gasteiger partial charge on any atom is -0.465 e. The number of aryl methyl sites for hydroxylation is 2. The molecule has 0 radical (unpaired) electrons. The van der Waals surface area contributed by atoms with Crippen LogP contribution in [-0.2, 0) is 23.0 Å². The number of esters is 1. The van der Waals surface area contributed by atoms with Gasteiger partial charge in [0.1, 0.15) is 11.6 Å². The number of ether oxygens (including phenoxy) is 1. The highest BCUT2D eigenvalue weighted by Gasteiger charge is 2.14. The quantitative estimate of drug-likeness (QED) is 0.765. The van der Waals surface area contributed by atoms with E-state index in [0.717, 1.165) is 6.07 Å². The van der Waals surface area contributed by atoms with Crippen molar-refractivity contribution in [3.05, 3.63) is 41.6 Å². The fourth-order valence-electron chi connectivity index (χ4n) is 2.16. The molecule has 1 aromatic carbocycles. The van der Waals surface area contributed by atoms with E-state index in [2.05, 4.69) is 5.10 Å². The van der Waals surface area contributed by atoms with Gasteiger partial charge >= 0.3 is 5.97 Å². The Bertz CT molecular complexity index is 696. The third kappa shape index (κ3) is 4.61. The molecule has 1 aromatic heterocycles. The van der Waals surface area contributed by atoms with Crippen LogP contribution < -0.4 is 0 Å². The Kier molecular flexibility index (Phi) is 5.47. The van der Waals surface area contributed by atoms with Crippen molar-refractivity contribution < 1.29 is 18.3 Å². The van der Waals surface area contributed by atoms with E-state index in [1.807, 2.05) is 13.8 Å². The van der Waals surface area contributed by atoms with Gasteiger partial charge in [-0.15, -0.1) is 0 Å². The van der Waals surface area contributed by atoms with Gasteiger partial charge < -0.3 is 4.74 Å². The molecule has 0 fully saturated rings. The second-order valence-corrected chi connectivity index (χ2v) is 5.85. The SMILES string of the molecule is CC(C)COC(=O)CCc1cc(-c2ccc(F)cc2F)n(C)n1. The fraction of sp³-hybridized carbons (Fsp3) is 0.412. The van der Waals surface area contributed by atoms with E-state index in [1.54, 1.807) is 13.1 Å². The Labute approximate surface area is 134 Å². The molecule has 2 aromatic rings. The van der Waals surface area contributed by atoms with Crippen molar-refractivity contribution in [3.63, 3.8) is 0 Å². The zero-order valence-corrected chi connectivity index (χ0v) is 13.5. The summed E-state index contributed by atoms with van der Waals surface area (Å²) in [5.74, 6) is -1.25. The predicted octanol–water partition coefficient (Wildman–Crippen LogP) is 3.50. The number of carbonyl (C=O) groups excluding carboxylic acids is 1. The lowest BCUT2D eigenvalue weighted by molar-refractivity contribution is -0.144. The first-order valence-electron chi connectivity index (χ1n) is 7.50. The van der Waals surface area contributed by atoms with Crippen molar-refractivity contribution in [1.29, 1.82) is 0 Å². The lowest BCUT2D eigenvalue weighted by Gasteiger charge is -2.05. The van der Waals surface area contributed by atoms with Crippen LogP contribution in [-0.4, -0.2) is 22.4 Å². The van der Waals surface area contributed by atoms with E-state index in [-0.39, 0.29) is 18.0 Å². The molecule has 6 heteroatoms. The maximum Gasteiger partial charge on any atom is 0.306 e. The van der Waals surface area contributed by atoms with E-state index in [9.17, 15) is 13.6 Å². The van der Waals surface area contributed by atoms with E-state index in [4.69, 9.17) is 4.74 Å². The molecule has 23 heavy (non-hydrogen) atoms. The number of rotatable bonds is 6. The second-order valence-electron chi connectivity index (χ2n) is 5.85. The lowest BCUT2D eigenvalue weighted by atomic mass is 10.1. The van der Waals surface area contributed by atoms with Crippen LogP contribution in [0.15, 0.2) is 24.3 Å². The van der Waals surface area contributed by atoms with Crippen molar-refractivity contribution in [2.45, 2.75) is 26.7 Å². The maximum absolute atomic E-state index is 13.9. The average Bonchev–Trinajstić information content (AvgIpc) is 2.84. The third-order valence-corrected chi connectivity index (χ3v) is 3.30. The minimum atomic E-state index is -0.643. The van der Waals surface area contributed by atoms with Gasteiger partial charge in [-0.05, 0) is 24.1 Å². The number of aromatic nitrogens is 2. The van der Waals surface area contributed by atoms with Crippen LogP contribution in [0.2, 0.25) is 0 Å². The molecule has 2 rings (SSSR count). The first-order valence-corrected chi connectivity index (χ1v) is 7.50. The van der Waals surface area contributed by atoms with E-state index >= 15 is 0 Å². The molecule has 0 aliphatic heterocycles. The summed E-state index contributed by atoms with van der Waals surface area (Å²) in [6, 6.07) is 5.12. The topological polar surface area (TPSA) is 44.1 Å². The molecule has 0 atom stereocenters. The summed E-state index contributed by atoms with van der Waals surface area (Å²) in [7, 11) is 1.68. The van der Waals surface area contributed by atoms with Crippen molar-refractivity contribution in [1.82, 2.24) is 9.78 Å². The second kappa shape index (κ2) is 7.35. The predicted molar refractivity (Wildman–Crippen MR) is 82.7 cm³/mol. The minimum absolute atomic E-state index is 0.217. The molecular formula is C17H20F2N2O2. The molecule has 0 saturated carbocycles. The Hall–Kier alpha value is -2.24. The molecule has 0 unspecified atom stereocenters. The van der Waals surface area contributed by atoms with Crippen molar-refractivity contribution >= 4 is 5.97 Å². The molecule has 0 N–H and O–H groups in total. The molecule has 0 aliphatic carbocycles. The fourth-order valence-corrected chi connectivity index (χ4v) is 2.16. The van der Waals surface area contributed by atoms with Crippen molar-refractivity contribution in [2.24, 2.45) is 13.0 Å². The van der Waals surface area contributed by atoms with Crippen LogP contribution in [0.5, 0.6) is 0 Å². The summed E-state index contributed by atoms with van der Waals surface area (Å²) in [6.07, 6.45) is 0.628. The van der Waals surface area contributed by atoms with E-state index in [1.165, 1.54) is 16.8 Å². The van der Waals surface area contributed by atoms with Gasteiger partial charge in [-0.3, -0.25) is 9.48 Å². The molecule has 1 heterocycles. The van der Waals surface area contributed by atoms with E-state index in [0.29, 0.717) is 30.3 Å². The Morgan fingerprint density at radius 3 is 2.70 bits per heavy atom. The van der Waals surface area contributed by atoms with Crippen LogP contribution in [0.25, 0.3) is 11.3 Å². The number of hydrogen-bond donors (Lipinski definition) is 0. The number of hydrogen-bond acceptors (Lipinski definition) is 3. The summed E-state index contributed by atoms with van der Waals surface area (Å²) in [6.45, 7) is 4.33. The van der Waals surface area contributed by atoms with Crippen LogP contribution in [0.3, 0.4) is 0 Å². The molecule has 0 amide bonds. The van der Waals surface area contributed by atoms with Gasteiger partial charge in [-0.25, -0.2) is 8.78 Å². The van der Waals surface area contributed by atoms with Gasteiger partial charge in [0.2, 0.25) is 0 Å². The van der Waals surface area contributed by atoms with Crippen molar-refractivity contribution in [2.75, 3.05) is 6.61 Å². The summed E-state index contributed by atoms with van der Waals surface area (Å²) in [5.41, 5.74) is 1.47. The summed E-state index contributed by atoms with van der Waals surface area (Å²) in [4.78, 5) is 11.6. The molecule has 4 nitrogen and oxygen atoms in total. The number of carbonyl (C=O) groups is 1. The van der Waals surface area contributed by atoms with Crippen LogP contribution >= 0.6 is 0 Å². The van der Waals surface area contributed by atoms with Gasteiger partial charge in [-0.1, -0.05) is 13.8 Å². The number of nitrogens with zero attached hydrogens (tertiary/aromatic N) is 2. The first-order chi connectivity index (χ1) is 10.9. The highest BCUT2D eigenvalue weighted by Crippen LogP contribution is 2.24. The van der Waals surface area contributed by atoms with Crippen LogP contribution in [0.1, 0.15) is 26.0 Å². The average molecular weight is 322 g/mol. The first kappa shape index (κ1) is 17.1. The van der Waals surface area contributed by atoms with Crippen molar-refractivity contribution in [3.8, 4) is 11.3 Å². The molecule has 0 saturated heterocycles. The zero-order chi connectivity index (χ0) is 17.0. The Balaban J connectivity index is 2.05. The Morgan fingerprint density at radius 1 is 1.30 bits per heavy atom. The number of benzene rings is 1. The normalized spacial score (nSPS) is 11.0. The van der Waals surface area contributed by atoms with Crippen LogP contribution in [0, 0.1) is 17.6 Å². The monoisotopic (exact) mass is 322 g/mol. The van der Waals surface area contributed by atoms with Gasteiger partial charge in [0.15, 0.2) is 0 Å². The Morgan fingerprint density at radius 2 is 2.04 bits per heavy atom. The number of halogens is 2. The van der Waals surface area contributed by atoms with Gasteiger partial charge in [0, 0.05) is 25.1 Å². The summed E-state index contributed by atoms with van der Waals surface area (Å²) in [5, 5.41) is 4.27. The van der Waals surface area contributed by atoms with Gasteiger partial charge in [0.05, 0.1) is 24.4 Å². The van der Waals surface area contributed by atoms with Crippen LogP contribution in [0.4, 0.5) is 8.78 Å². The standard InChI is InChI=1S/C17H20F2N2O2/c1-11(2)10-23-17(22)7-5-13-9-16(21(3)20-13)14-6-4-12(18)8-15(14)19/h4,6,8-9,11H,5,7,10H2,1-3H3. The third-order valence-electron chi connectivity index (χ3n) is 3.30. The largest absolute Gasteiger partial charge is 0.465 e. The molecule has 0 bridgehead atoms. The highest BCUT2D eigenvalue weighted by atomic mass is 19.1. The molecule has 0 spiro atoms. The zero-order valence-electron chi connectivity index (χ0n) is 13.5. The lowest BCUT2D eigenvalue weighted by Crippen LogP contribution is -2.10. The molecule has 0 aliphatic rings. The van der Waals surface area contributed by atoms with Gasteiger partial charge in [0.25, 0.3) is 0 Å². The smallest absolute Gasteiger partial charge is 0.306 e.